The minimum absolute atomic E-state index is 0.139. The molecule has 1 heterocycles. The average molecular weight is 341 g/mol. The number of esters is 1. The summed E-state index contributed by atoms with van der Waals surface area (Å²) in [5, 5.41) is 0. The van der Waals surface area contributed by atoms with Crippen LogP contribution >= 0.6 is 0 Å². The Bertz CT molecular complexity index is 724. The van der Waals surface area contributed by atoms with Crippen molar-refractivity contribution in [3.63, 3.8) is 0 Å². The van der Waals surface area contributed by atoms with Gasteiger partial charge in [-0.1, -0.05) is 52.0 Å². The quantitative estimate of drug-likeness (QED) is 0.597. The number of nitrogens with zero attached hydrogens (tertiary/aromatic N) is 1. The molecule has 0 radical (unpaired) electrons. The lowest BCUT2D eigenvalue weighted by Crippen LogP contribution is -2.28. The van der Waals surface area contributed by atoms with Crippen LogP contribution in [0.5, 0.6) is 0 Å². The van der Waals surface area contributed by atoms with E-state index < -0.39 is 5.97 Å². The van der Waals surface area contributed by atoms with Gasteiger partial charge in [-0.3, -0.25) is 4.79 Å². The lowest BCUT2D eigenvalue weighted by atomic mass is 9.99. The Morgan fingerprint density at radius 2 is 1.76 bits per heavy atom. The summed E-state index contributed by atoms with van der Waals surface area (Å²) >= 11 is 0. The summed E-state index contributed by atoms with van der Waals surface area (Å²) < 4.78 is 4.91. The fraction of sp³-hybridized carbons (Fsp3) is 0.429. The zero-order valence-electron chi connectivity index (χ0n) is 15.9. The highest BCUT2D eigenvalue weighted by molar-refractivity contribution is 6.16. The molecule has 0 saturated heterocycles. The minimum atomic E-state index is -0.470. The summed E-state index contributed by atoms with van der Waals surface area (Å²) in [5.74, 6) is 0.147. The van der Waals surface area contributed by atoms with E-state index in [2.05, 4.69) is 26.0 Å². The minimum Gasteiger partial charge on any atom is -0.465 e. The maximum Gasteiger partial charge on any atom is 0.340 e. The Morgan fingerprint density at radius 3 is 2.24 bits per heavy atom. The van der Waals surface area contributed by atoms with Crippen molar-refractivity contribution in [2.45, 2.75) is 40.5 Å². The van der Waals surface area contributed by atoms with Crippen molar-refractivity contribution in [3.8, 4) is 0 Å². The van der Waals surface area contributed by atoms with Crippen LogP contribution in [0.1, 0.15) is 51.7 Å². The molecule has 0 atom stereocenters. The van der Waals surface area contributed by atoms with Gasteiger partial charge < -0.3 is 9.64 Å². The molecule has 1 amide bonds. The summed E-state index contributed by atoms with van der Waals surface area (Å²) in [6.07, 6.45) is 1.78. The molecule has 0 aliphatic carbocycles. The van der Waals surface area contributed by atoms with Crippen LogP contribution < -0.4 is 0 Å². The van der Waals surface area contributed by atoms with Crippen molar-refractivity contribution in [1.29, 1.82) is 0 Å². The van der Waals surface area contributed by atoms with Crippen LogP contribution in [0.3, 0.4) is 0 Å². The Morgan fingerprint density at radius 1 is 1.16 bits per heavy atom. The van der Waals surface area contributed by atoms with Gasteiger partial charge in [-0.05, 0) is 36.0 Å². The first-order valence-corrected chi connectivity index (χ1v) is 8.69. The van der Waals surface area contributed by atoms with E-state index in [1.165, 1.54) is 12.7 Å². The van der Waals surface area contributed by atoms with Gasteiger partial charge in [0, 0.05) is 12.2 Å². The first kappa shape index (κ1) is 19.0. The van der Waals surface area contributed by atoms with E-state index in [0.29, 0.717) is 35.2 Å². The summed E-state index contributed by atoms with van der Waals surface area (Å²) in [4.78, 5) is 26.8. The fourth-order valence-corrected chi connectivity index (χ4v) is 2.96. The maximum absolute atomic E-state index is 12.9. The van der Waals surface area contributed by atoms with Gasteiger partial charge in [0.1, 0.15) is 0 Å². The molecule has 1 aliphatic rings. The fourth-order valence-electron chi connectivity index (χ4n) is 2.96. The summed E-state index contributed by atoms with van der Waals surface area (Å²) in [5.41, 5.74) is 3.56. The van der Waals surface area contributed by atoms with E-state index >= 15 is 0 Å². The van der Waals surface area contributed by atoms with Gasteiger partial charge in [0.2, 0.25) is 0 Å². The Hall–Kier alpha value is -2.36. The van der Waals surface area contributed by atoms with Crippen molar-refractivity contribution in [1.82, 2.24) is 4.90 Å². The molecule has 1 aliphatic heterocycles. The van der Waals surface area contributed by atoms with Crippen molar-refractivity contribution in [2.24, 2.45) is 5.92 Å². The number of methoxy groups -OCH3 is 1. The lowest BCUT2D eigenvalue weighted by molar-refractivity contribution is -0.136. The van der Waals surface area contributed by atoms with E-state index in [0.717, 1.165) is 5.56 Å². The number of benzene rings is 1. The van der Waals surface area contributed by atoms with E-state index in [1.807, 2.05) is 26.0 Å². The molecule has 0 aromatic heterocycles. The van der Waals surface area contributed by atoms with Gasteiger partial charge in [-0.25, -0.2) is 4.79 Å². The van der Waals surface area contributed by atoms with E-state index in [-0.39, 0.29) is 5.91 Å². The number of amides is 1. The predicted octanol–water partition coefficient (Wildman–Crippen LogP) is 4.14. The van der Waals surface area contributed by atoms with Crippen LogP contribution in [-0.4, -0.2) is 30.4 Å². The van der Waals surface area contributed by atoms with Crippen molar-refractivity contribution >= 4 is 18.0 Å². The highest BCUT2D eigenvalue weighted by Gasteiger charge is 2.37. The largest absolute Gasteiger partial charge is 0.465 e. The van der Waals surface area contributed by atoms with Crippen LogP contribution in [0.2, 0.25) is 0 Å². The van der Waals surface area contributed by atoms with E-state index in [4.69, 9.17) is 4.74 Å². The molecular formula is C21H27NO3. The molecule has 4 heteroatoms. The molecule has 0 unspecified atom stereocenters. The monoisotopic (exact) mass is 341 g/mol. The third-order valence-corrected chi connectivity index (χ3v) is 4.36. The second-order valence-corrected chi connectivity index (χ2v) is 7.14. The second-order valence-electron chi connectivity index (χ2n) is 7.14. The van der Waals surface area contributed by atoms with Gasteiger partial charge in [-0.15, -0.1) is 0 Å². The Labute approximate surface area is 150 Å². The van der Waals surface area contributed by atoms with Gasteiger partial charge in [0.05, 0.1) is 18.3 Å². The van der Waals surface area contributed by atoms with Crippen molar-refractivity contribution < 1.29 is 14.3 Å². The summed E-state index contributed by atoms with van der Waals surface area (Å²) in [7, 11) is 1.34. The molecule has 4 nitrogen and oxygen atoms in total. The Kier molecular flexibility index (Phi) is 5.83. The summed E-state index contributed by atoms with van der Waals surface area (Å²) in [6, 6.07) is 8.06. The predicted molar refractivity (Wildman–Crippen MR) is 99.8 cm³/mol. The van der Waals surface area contributed by atoms with Crippen LogP contribution in [0, 0.1) is 5.92 Å². The lowest BCUT2D eigenvalue weighted by Gasteiger charge is -2.19. The number of hydrogen-bond acceptors (Lipinski definition) is 3. The standard InChI is InChI=1S/C21H27NO3/c1-13(2)12-22-15(5)19(21(24)25-6)18(20(22)23)11-16-7-9-17(10-8-16)14(3)4/h7-11,13-14H,12H2,1-6H3/b18-11-. The zero-order valence-corrected chi connectivity index (χ0v) is 15.9. The topological polar surface area (TPSA) is 46.6 Å². The number of allylic oxidation sites excluding steroid dienone is 1. The maximum atomic E-state index is 12.9. The first-order valence-electron chi connectivity index (χ1n) is 8.69. The second kappa shape index (κ2) is 7.68. The number of carbonyl (C=O) groups is 2. The van der Waals surface area contributed by atoms with Gasteiger partial charge in [0.25, 0.3) is 5.91 Å². The van der Waals surface area contributed by atoms with Crippen LogP contribution in [0.25, 0.3) is 6.08 Å². The van der Waals surface area contributed by atoms with Crippen molar-refractivity contribution in [3.05, 3.63) is 52.2 Å². The molecule has 0 saturated carbocycles. The molecular weight excluding hydrogens is 314 g/mol. The van der Waals surface area contributed by atoms with Crippen molar-refractivity contribution in [2.75, 3.05) is 13.7 Å². The number of rotatable bonds is 5. The smallest absolute Gasteiger partial charge is 0.340 e. The van der Waals surface area contributed by atoms with Gasteiger partial charge >= 0.3 is 5.97 Å². The molecule has 1 aromatic carbocycles. The highest BCUT2D eigenvalue weighted by atomic mass is 16.5. The number of hydrogen-bond donors (Lipinski definition) is 0. The molecule has 0 spiro atoms. The van der Waals surface area contributed by atoms with Crippen LogP contribution in [-0.2, 0) is 14.3 Å². The van der Waals surface area contributed by atoms with E-state index in [1.54, 1.807) is 17.9 Å². The van der Waals surface area contributed by atoms with Gasteiger partial charge in [0.15, 0.2) is 0 Å². The molecule has 134 valence electrons. The normalized spacial score (nSPS) is 16.6. The van der Waals surface area contributed by atoms with Crippen LogP contribution in [0.4, 0.5) is 0 Å². The molecule has 0 N–H and O–H groups in total. The third-order valence-electron chi connectivity index (χ3n) is 4.36. The molecule has 0 bridgehead atoms. The molecule has 25 heavy (non-hydrogen) atoms. The van der Waals surface area contributed by atoms with Crippen LogP contribution in [0.15, 0.2) is 41.1 Å². The number of carbonyl (C=O) groups excluding carboxylic acids is 2. The molecule has 2 rings (SSSR count). The number of ether oxygens (including phenoxy) is 1. The third kappa shape index (κ3) is 4.01. The van der Waals surface area contributed by atoms with Gasteiger partial charge in [-0.2, -0.15) is 0 Å². The Balaban J connectivity index is 2.46. The summed E-state index contributed by atoms with van der Waals surface area (Å²) in [6.45, 7) is 10.7. The van der Waals surface area contributed by atoms with E-state index in [9.17, 15) is 9.59 Å². The first-order chi connectivity index (χ1) is 11.8. The average Bonchev–Trinajstić information content (AvgIpc) is 2.79. The zero-order chi connectivity index (χ0) is 18.7. The molecule has 0 fully saturated rings. The highest BCUT2D eigenvalue weighted by Crippen LogP contribution is 2.32. The molecule has 1 aromatic rings. The SMILES string of the molecule is COC(=O)C1=C(C)N(CC(C)C)C(=O)/C1=C\c1ccc(C(C)C)cc1.